The SMILES string of the molecule is CCCCCC/C=C\CCCCCCCC(=O)OC(COC(=O)CCCCCCCCCCCCCCCCC)COC1OC(C(=O)O)C(O)C(O)C1OC(=O)CCCCCCCCCCC. The second kappa shape index (κ2) is 44.7. The number of esters is 3. The van der Waals surface area contributed by atoms with Crippen LogP contribution in [0.4, 0.5) is 0 Å². The molecule has 0 radical (unpaired) electrons. The molecule has 0 amide bonds. The summed E-state index contributed by atoms with van der Waals surface area (Å²) in [5.41, 5.74) is 0. The first kappa shape index (κ1) is 62.5. The number of unbranched alkanes of at least 4 members (excludes halogenated alkanes) is 31. The molecule has 0 aromatic heterocycles. The van der Waals surface area contributed by atoms with Crippen molar-refractivity contribution in [2.24, 2.45) is 0 Å². The Labute approximate surface area is 407 Å². The van der Waals surface area contributed by atoms with Crippen molar-refractivity contribution in [3.05, 3.63) is 12.2 Å². The highest BCUT2D eigenvalue weighted by molar-refractivity contribution is 5.74. The van der Waals surface area contributed by atoms with E-state index in [4.69, 9.17) is 23.7 Å². The molecule has 0 spiro atoms. The molecule has 67 heavy (non-hydrogen) atoms. The molecule has 0 aromatic carbocycles. The van der Waals surface area contributed by atoms with Gasteiger partial charge >= 0.3 is 23.9 Å². The first-order valence-corrected chi connectivity index (χ1v) is 27.7. The highest BCUT2D eigenvalue weighted by atomic mass is 16.7. The van der Waals surface area contributed by atoms with Crippen molar-refractivity contribution in [1.29, 1.82) is 0 Å². The normalized spacial score (nSPS) is 18.9. The predicted molar refractivity (Wildman–Crippen MR) is 267 cm³/mol. The molecule has 0 saturated carbocycles. The molecule has 0 aliphatic carbocycles. The number of carboxylic acids is 1. The standard InChI is InChI=1S/C55H100O12/c1-4-7-10-13-16-19-21-23-24-26-27-30-32-35-38-41-47(56)63-44-46(65-48(57)42-39-36-34-31-28-25-22-20-17-14-11-8-5-2)45-64-55-53(51(60)50(59)52(67-55)54(61)62)66-49(58)43-40-37-33-29-18-15-12-9-6-3/h20,22,46,50-53,55,59-60H,4-19,21,23-45H2,1-3H3,(H,61,62)/b22-20-. The van der Waals surface area contributed by atoms with E-state index >= 15 is 0 Å². The summed E-state index contributed by atoms with van der Waals surface area (Å²) in [6.07, 6.45) is 34.9. The van der Waals surface area contributed by atoms with Crippen LogP contribution in [-0.4, -0.2) is 89.2 Å². The molecule has 3 N–H and O–H groups in total. The summed E-state index contributed by atoms with van der Waals surface area (Å²) >= 11 is 0. The number of aliphatic hydroxyl groups excluding tert-OH is 2. The highest BCUT2D eigenvalue weighted by Gasteiger charge is 2.50. The molecule has 1 rings (SSSR count). The average molecular weight is 953 g/mol. The van der Waals surface area contributed by atoms with Crippen LogP contribution >= 0.6 is 0 Å². The maximum Gasteiger partial charge on any atom is 0.335 e. The molecule has 392 valence electrons. The van der Waals surface area contributed by atoms with Crippen LogP contribution in [0.2, 0.25) is 0 Å². The summed E-state index contributed by atoms with van der Waals surface area (Å²) in [6, 6.07) is 0. The Hall–Kier alpha value is -2.54. The minimum atomic E-state index is -1.89. The van der Waals surface area contributed by atoms with E-state index in [2.05, 4.69) is 32.9 Å². The Kier molecular flexibility index (Phi) is 41.6. The number of hydrogen-bond acceptors (Lipinski definition) is 11. The molecular formula is C55H100O12. The lowest BCUT2D eigenvalue weighted by Crippen LogP contribution is -2.61. The topological polar surface area (TPSA) is 175 Å². The lowest BCUT2D eigenvalue weighted by molar-refractivity contribution is -0.301. The van der Waals surface area contributed by atoms with E-state index in [1.807, 2.05) is 0 Å². The van der Waals surface area contributed by atoms with Gasteiger partial charge in [-0.3, -0.25) is 14.4 Å². The van der Waals surface area contributed by atoms with E-state index < -0.39 is 67.3 Å². The second-order valence-electron chi connectivity index (χ2n) is 19.2. The van der Waals surface area contributed by atoms with Gasteiger partial charge in [0.2, 0.25) is 0 Å². The van der Waals surface area contributed by atoms with E-state index in [0.29, 0.717) is 19.3 Å². The van der Waals surface area contributed by atoms with Crippen molar-refractivity contribution in [3.8, 4) is 0 Å². The Morgan fingerprint density at radius 2 is 0.851 bits per heavy atom. The van der Waals surface area contributed by atoms with Gasteiger partial charge in [0.1, 0.15) is 18.8 Å². The Morgan fingerprint density at radius 3 is 1.28 bits per heavy atom. The molecule has 0 aromatic rings. The first-order chi connectivity index (χ1) is 32.6. The van der Waals surface area contributed by atoms with Crippen LogP contribution in [0, 0.1) is 0 Å². The van der Waals surface area contributed by atoms with Gasteiger partial charge in [-0.1, -0.05) is 213 Å². The van der Waals surface area contributed by atoms with Gasteiger partial charge in [-0.2, -0.15) is 0 Å². The van der Waals surface area contributed by atoms with E-state index in [1.54, 1.807) is 0 Å². The Balaban J connectivity index is 2.69. The Morgan fingerprint density at radius 1 is 0.478 bits per heavy atom. The smallest absolute Gasteiger partial charge is 0.335 e. The van der Waals surface area contributed by atoms with Gasteiger partial charge in [-0.05, 0) is 44.9 Å². The summed E-state index contributed by atoms with van der Waals surface area (Å²) in [5.74, 6) is -3.10. The van der Waals surface area contributed by atoms with Crippen molar-refractivity contribution in [2.75, 3.05) is 13.2 Å². The van der Waals surface area contributed by atoms with E-state index in [1.165, 1.54) is 122 Å². The summed E-state index contributed by atoms with van der Waals surface area (Å²) in [4.78, 5) is 50.8. The van der Waals surface area contributed by atoms with Crippen LogP contribution in [0.1, 0.15) is 265 Å². The zero-order valence-corrected chi connectivity index (χ0v) is 42.9. The molecule has 1 aliphatic heterocycles. The third-order valence-corrected chi connectivity index (χ3v) is 12.8. The molecule has 1 saturated heterocycles. The molecule has 1 heterocycles. The third kappa shape index (κ3) is 35.3. The summed E-state index contributed by atoms with van der Waals surface area (Å²) in [5, 5.41) is 31.3. The zero-order valence-electron chi connectivity index (χ0n) is 42.9. The van der Waals surface area contributed by atoms with Crippen molar-refractivity contribution in [3.63, 3.8) is 0 Å². The summed E-state index contributed by atoms with van der Waals surface area (Å²) in [7, 11) is 0. The zero-order chi connectivity index (χ0) is 49.0. The number of rotatable bonds is 47. The van der Waals surface area contributed by atoms with Crippen molar-refractivity contribution in [2.45, 2.75) is 302 Å². The van der Waals surface area contributed by atoms with Crippen LogP contribution in [0.25, 0.3) is 0 Å². The highest BCUT2D eigenvalue weighted by Crippen LogP contribution is 2.26. The van der Waals surface area contributed by atoms with Gasteiger partial charge < -0.3 is 39.0 Å². The second-order valence-corrected chi connectivity index (χ2v) is 19.2. The van der Waals surface area contributed by atoms with Gasteiger partial charge in [-0.15, -0.1) is 0 Å². The fourth-order valence-corrected chi connectivity index (χ4v) is 8.54. The van der Waals surface area contributed by atoms with E-state index in [0.717, 1.165) is 83.5 Å². The van der Waals surface area contributed by atoms with Crippen LogP contribution < -0.4 is 0 Å². The third-order valence-electron chi connectivity index (χ3n) is 12.8. The maximum atomic E-state index is 13.1. The van der Waals surface area contributed by atoms with Crippen LogP contribution in [-0.2, 0) is 42.9 Å². The molecule has 1 fully saturated rings. The fraction of sp³-hybridized carbons (Fsp3) is 0.891. The Bertz CT molecular complexity index is 1230. The van der Waals surface area contributed by atoms with E-state index in [-0.39, 0.29) is 25.9 Å². The number of carbonyl (C=O) groups excluding carboxylic acids is 3. The number of carboxylic acid groups (broad SMARTS) is 1. The van der Waals surface area contributed by atoms with Crippen molar-refractivity contribution < 1.29 is 58.2 Å². The monoisotopic (exact) mass is 953 g/mol. The number of allylic oxidation sites excluding steroid dienone is 2. The maximum absolute atomic E-state index is 13.1. The number of carbonyl (C=O) groups is 4. The fourth-order valence-electron chi connectivity index (χ4n) is 8.54. The van der Waals surface area contributed by atoms with Gasteiger partial charge in [-0.25, -0.2) is 4.79 Å². The van der Waals surface area contributed by atoms with Gasteiger partial charge in [0.25, 0.3) is 0 Å². The first-order valence-electron chi connectivity index (χ1n) is 27.7. The lowest BCUT2D eigenvalue weighted by Gasteiger charge is -2.40. The minimum Gasteiger partial charge on any atom is -0.479 e. The van der Waals surface area contributed by atoms with Crippen molar-refractivity contribution >= 4 is 23.9 Å². The molecular weight excluding hydrogens is 853 g/mol. The van der Waals surface area contributed by atoms with Crippen molar-refractivity contribution in [1.82, 2.24) is 0 Å². The van der Waals surface area contributed by atoms with Gasteiger partial charge in [0, 0.05) is 19.3 Å². The van der Waals surface area contributed by atoms with Gasteiger partial charge in [0.05, 0.1) is 6.61 Å². The largest absolute Gasteiger partial charge is 0.479 e. The van der Waals surface area contributed by atoms with Crippen LogP contribution in [0.3, 0.4) is 0 Å². The molecule has 6 atom stereocenters. The van der Waals surface area contributed by atoms with Crippen LogP contribution in [0.5, 0.6) is 0 Å². The predicted octanol–water partition coefficient (Wildman–Crippen LogP) is 13.3. The van der Waals surface area contributed by atoms with Crippen LogP contribution in [0.15, 0.2) is 12.2 Å². The summed E-state index contributed by atoms with van der Waals surface area (Å²) in [6.45, 7) is 5.95. The van der Waals surface area contributed by atoms with Gasteiger partial charge in [0.15, 0.2) is 24.6 Å². The number of aliphatic hydroxyl groups is 2. The lowest BCUT2D eigenvalue weighted by atomic mass is 9.98. The molecule has 12 nitrogen and oxygen atoms in total. The number of ether oxygens (including phenoxy) is 5. The molecule has 6 unspecified atom stereocenters. The quantitative estimate of drug-likeness (QED) is 0.0228. The van der Waals surface area contributed by atoms with E-state index in [9.17, 15) is 34.5 Å². The average Bonchev–Trinajstić information content (AvgIpc) is 3.31. The number of aliphatic carboxylic acids is 1. The summed E-state index contributed by atoms with van der Waals surface area (Å²) < 4.78 is 28.3. The molecule has 12 heteroatoms. The molecule has 1 aliphatic rings. The molecule has 0 bridgehead atoms. The number of hydrogen-bond donors (Lipinski definition) is 3. The minimum absolute atomic E-state index is 0.0655.